The zero-order valence-corrected chi connectivity index (χ0v) is 7.87. The Morgan fingerprint density at radius 2 is 1.50 bits per heavy atom. The van der Waals surface area contributed by atoms with Crippen molar-refractivity contribution in [2.45, 2.75) is 31.8 Å². The van der Waals surface area contributed by atoms with Crippen LogP contribution in [0.5, 0.6) is 0 Å². The van der Waals surface area contributed by atoms with Gasteiger partial charge in [-0.3, -0.25) is 0 Å². The van der Waals surface area contributed by atoms with E-state index in [-0.39, 0.29) is 12.1 Å². The van der Waals surface area contributed by atoms with Gasteiger partial charge in [-0.25, -0.2) is 0 Å². The first-order chi connectivity index (χ1) is 5.61. The van der Waals surface area contributed by atoms with Crippen molar-refractivity contribution in [1.29, 1.82) is 0 Å². The molecule has 0 aromatic rings. The van der Waals surface area contributed by atoms with Gasteiger partial charge in [0.15, 0.2) is 0 Å². The molecule has 0 aliphatic carbocycles. The highest BCUT2D eigenvalue weighted by Crippen LogP contribution is 2.06. The summed E-state index contributed by atoms with van der Waals surface area (Å²) < 4.78 is 0. The molecule has 0 saturated carbocycles. The van der Waals surface area contributed by atoms with E-state index >= 15 is 0 Å². The molecule has 0 heterocycles. The lowest BCUT2D eigenvalue weighted by Crippen LogP contribution is -2.46. The summed E-state index contributed by atoms with van der Waals surface area (Å²) in [6.45, 7) is 3.28. The molecule has 0 bridgehead atoms. The standard InChI is InChI=1S/C8H22N4/c1-6(4-9)2-3-7(11)8(12)5-10/h6-8H,2-5,9-12H2,1H3. The number of hydrogen-bond acceptors (Lipinski definition) is 4. The van der Waals surface area contributed by atoms with Gasteiger partial charge in [0.2, 0.25) is 0 Å². The lowest BCUT2D eigenvalue weighted by molar-refractivity contribution is 0.433. The molecule has 0 aliphatic rings. The highest BCUT2D eigenvalue weighted by Gasteiger charge is 2.12. The van der Waals surface area contributed by atoms with Gasteiger partial charge in [0, 0.05) is 18.6 Å². The summed E-state index contributed by atoms with van der Waals surface area (Å²) in [6.07, 6.45) is 1.95. The van der Waals surface area contributed by atoms with E-state index in [1.165, 1.54) is 0 Å². The third-order valence-corrected chi connectivity index (χ3v) is 2.22. The molecule has 0 aliphatic heterocycles. The molecule has 0 amide bonds. The fourth-order valence-corrected chi connectivity index (χ4v) is 0.984. The summed E-state index contributed by atoms with van der Waals surface area (Å²) in [5.41, 5.74) is 22.3. The molecule has 12 heavy (non-hydrogen) atoms. The van der Waals surface area contributed by atoms with Crippen LogP contribution >= 0.6 is 0 Å². The second-order valence-corrected chi connectivity index (χ2v) is 3.48. The zero-order chi connectivity index (χ0) is 9.56. The second kappa shape index (κ2) is 6.37. The van der Waals surface area contributed by atoms with E-state index in [4.69, 9.17) is 22.9 Å². The summed E-state index contributed by atoms with van der Waals surface area (Å²) in [6, 6.07) is -0.0565. The van der Waals surface area contributed by atoms with E-state index in [9.17, 15) is 0 Å². The predicted molar refractivity (Wildman–Crippen MR) is 52.5 cm³/mol. The summed E-state index contributed by atoms with van der Waals surface area (Å²) in [5, 5.41) is 0. The molecule has 0 radical (unpaired) electrons. The van der Waals surface area contributed by atoms with Crippen LogP contribution in [0, 0.1) is 5.92 Å². The first kappa shape index (κ1) is 11.8. The number of rotatable bonds is 6. The Bertz CT molecular complexity index is 107. The molecule has 0 aromatic heterocycles. The van der Waals surface area contributed by atoms with Crippen LogP contribution in [-0.4, -0.2) is 25.2 Å². The minimum atomic E-state index is -0.0741. The number of hydrogen-bond donors (Lipinski definition) is 4. The van der Waals surface area contributed by atoms with Crippen molar-refractivity contribution in [2.75, 3.05) is 13.1 Å². The van der Waals surface area contributed by atoms with E-state index in [0.717, 1.165) is 12.8 Å². The normalized spacial score (nSPS) is 18.8. The fraction of sp³-hybridized carbons (Fsp3) is 1.00. The van der Waals surface area contributed by atoms with Crippen LogP contribution in [0.4, 0.5) is 0 Å². The molecule has 8 N–H and O–H groups in total. The van der Waals surface area contributed by atoms with Gasteiger partial charge in [-0.2, -0.15) is 0 Å². The quantitative estimate of drug-likeness (QED) is 0.413. The van der Waals surface area contributed by atoms with E-state index in [0.29, 0.717) is 19.0 Å². The molecular formula is C8H22N4. The van der Waals surface area contributed by atoms with Crippen molar-refractivity contribution in [1.82, 2.24) is 0 Å². The summed E-state index contributed by atoms with van der Waals surface area (Å²) in [4.78, 5) is 0. The van der Waals surface area contributed by atoms with Gasteiger partial charge in [0.25, 0.3) is 0 Å². The van der Waals surface area contributed by atoms with Gasteiger partial charge >= 0.3 is 0 Å². The molecule has 0 spiro atoms. The van der Waals surface area contributed by atoms with Gasteiger partial charge in [-0.1, -0.05) is 6.92 Å². The summed E-state index contributed by atoms with van der Waals surface area (Å²) in [5.74, 6) is 0.529. The highest BCUT2D eigenvalue weighted by molar-refractivity contribution is 4.77. The lowest BCUT2D eigenvalue weighted by Gasteiger charge is -2.19. The van der Waals surface area contributed by atoms with Crippen molar-refractivity contribution in [3.8, 4) is 0 Å². The average molecular weight is 174 g/mol. The topological polar surface area (TPSA) is 104 Å². The van der Waals surface area contributed by atoms with Crippen molar-refractivity contribution in [3.05, 3.63) is 0 Å². The molecule has 3 atom stereocenters. The first-order valence-electron chi connectivity index (χ1n) is 4.53. The molecular weight excluding hydrogens is 152 g/mol. The predicted octanol–water partition coefficient (Wildman–Crippen LogP) is -1.03. The van der Waals surface area contributed by atoms with Crippen LogP contribution in [0.15, 0.2) is 0 Å². The zero-order valence-electron chi connectivity index (χ0n) is 7.87. The van der Waals surface area contributed by atoms with Gasteiger partial charge in [-0.05, 0) is 25.3 Å². The third kappa shape index (κ3) is 4.66. The summed E-state index contributed by atoms with van der Waals surface area (Å²) in [7, 11) is 0. The van der Waals surface area contributed by atoms with E-state index < -0.39 is 0 Å². The lowest BCUT2D eigenvalue weighted by atomic mass is 9.98. The van der Waals surface area contributed by atoms with Gasteiger partial charge in [0.05, 0.1) is 0 Å². The Balaban J connectivity index is 3.49. The monoisotopic (exact) mass is 174 g/mol. The number of nitrogens with two attached hydrogens (primary N) is 4. The highest BCUT2D eigenvalue weighted by atomic mass is 14.8. The van der Waals surface area contributed by atoms with Gasteiger partial charge < -0.3 is 22.9 Å². The Morgan fingerprint density at radius 1 is 0.917 bits per heavy atom. The third-order valence-electron chi connectivity index (χ3n) is 2.22. The van der Waals surface area contributed by atoms with Crippen molar-refractivity contribution in [3.63, 3.8) is 0 Å². The van der Waals surface area contributed by atoms with Crippen LogP contribution in [0.3, 0.4) is 0 Å². The minimum absolute atomic E-state index is 0.0176. The molecule has 0 fully saturated rings. The minimum Gasteiger partial charge on any atom is -0.330 e. The average Bonchev–Trinajstić information content (AvgIpc) is 2.11. The maximum Gasteiger partial charge on any atom is 0.0317 e. The molecule has 0 aromatic carbocycles. The smallest absolute Gasteiger partial charge is 0.0317 e. The van der Waals surface area contributed by atoms with E-state index in [1.54, 1.807) is 0 Å². The second-order valence-electron chi connectivity index (χ2n) is 3.48. The Morgan fingerprint density at radius 3 is 1.92 bits per heavy atom. The molecule has 3 unspecified atom stereocenters. The summed E-state index contributed by atoms with van der Waals surface area (Å²) >= 11 is 0. The van der Waals surface area contributed by atoms with E-state index in [1.807, 2.05) is 0 Å². The van der Waals surface area contributed by atoms with Crippen molar-refractivity contribution < 1.29 is 0 Å². The van der Waals surface area contributed by atoms with E-state index in [2.05, 4.69) is 6.92 Å². The maximum absolute atomic E-state index is 5.78. The van der Waals surface area contributed by atoms with Crippen LogP contribution in [-0.2, 0) is 0 Å². The SMILES string of the molecule is CC(CN)CCC(N)C(N)CN. The van der Waals surface area contributed by atoms with Crippen LogP contribution in [0.1, 0.15) is 19.8 Å². The largest absolute Gasteiger partial charge is 0.330 e. The van der Waals surface area contributed by atoms with Crippen LogP contribution < -0.4 is 22.9 Å². The fourth-order valence-electron chi connectivity index (χ4n) is 0.984. The Kier molecular flexibility index (Phi) is 6.28. The van der Waals surface area contributed by atoms with Gasteiger partial charge in [-0.15, -0.1) is 0 Å². The molecule has 0 saturated heterocycles. The van der Waals surface area contributed by atoms with Crippen LogP contribution in [0.25, 0.3) is 0 Å². The molecule has 4 nitrogen and oxygen atoms in total. The Hall–Kier alpha value is -0.160. The van der Waals surface area contributed by atoms with Crippen molar-refractivity contribution in [2.24, 2.45) is 28.9 Å². The Labute approximate surface area is 74.7 Å². The van der Waals surface area contributed by atoms with Gasteiger partial charge in [0.1, 0.15) is 0 Å². The first-order valence-corrected chi connectivity index (χ1v) is 4.53. The maximum atomic E-state index is 5.78. The van der Waals surface area contributed by atoms with Crippen molar-refractivity contribution >= 4 is 0 Å². The molecule has 74 valence electrons. The molecule has 0 rings (SSSR count). The van der Waals surface area contributed by atoms with Crippen LogP contribution in [0.2, 0.25) is 0 Å². The molecule has 4 heteroatoms.